The Bertz CT molecular complexity index is 1230. The third-order valence-corrected chi connectivity index (χ3v) is 5.84. The van der Waals surface area contributed by atoms with Gasteiger partial charge in [-0.2, -0.15) is 9.78 Å². The Balaban J connectivity index is 2.20. The molecule has 2 aromatic carbocycles. The molecule has 0 bridgehead atoms. The second-order valence-electron chi connectivity index (χ2n) is 6.60. The summed E-state index contributed by atoms with van der Waals surface area (Å²) in [6.07, 6.45) is 7.66. The summed E-state index contributed by atoms with van der Waals surface area (Å²) in [7, 11) is 0. The number of fused-ring (bicyclic) bond motifs is 1. The van der Waals surface area contributed by atoms with E-state index in [0.717, 1.165) is 10.9 Å². The number of nitrogens with zero attached hydrogens (tertiary/aromatic N) is 3. The maximum atomic E-state index is 13.2. The van der Waals surface area contributed by atoms with Crippen LogP contribution < -0.4 is 10.3 Å². The van der Waals surface area contributed by atoms with Gasteiger partial charge in [-0.15, -0.1) is 6.42 Å². The second kappa shape index (κ2) is 9.78. The Morgan fingerprint density at radius 2 is 2.13 bits per heavy atom. The van der Waals surface area contributed by atoms with Gasteiger partial charge in [0.25, 0.3) is 5.56 Å². The molecular weight excluding hydrogens is 534 g/mol. The van der Waals surface area contributed by atoms with Crippen molar-refractivity contribution in [2.45, 2.75) is 26.2 Å². The molecule has 30 heavy (non-hydrogen) atoms. The average molecular weight is 552 g/mol. The molecule has 1 atom stereocenters. The number of hydrogen-bond donors (Lipinski definition) is 0. The summed E-state index contributed by atoms with van der Waals surface area (Å²) in [5.74, 6) is 3.55. The van der Waals surface area contributed by atoms with Crippen molar-refractivity contribution in [2.75, 3.05) is 6.61 Å². The van der Waals surface area contributed by atoms with Crippen molar-refractivity contribution in [3.63, 3.8) is 0 Å². The van der Waals surface area contributed by atoms with Gasteiger partial charge in [0.2, 0.25) is 0 Å². The van der Waals surface area contributed by atoms with Crippen LogP contribution in [0.25, 0.3) is 10.9 Å². The number of aromatic nitrogens is 2. The molecule has 8 heteroatoms. The standard InChI is InChI=1S/C22H18Br2ClN3O2/c1-4-8-30-20-14(9-16(25)11-18(20)24)12-26-28-21(13(3)5-2)27-19-7-6-15(23)10-17(19)22(28)29/h1,6-7,9-13H,5,8H2,2-3H3/t13-/m0/s1. The van der Waals surface area contributed by atoms with E-state index < -0.39 is 0 Å². The summed E-state index contributed by atoms with van der Waals surface area (Å²) in [5, 5.41) is 5.43. The lowest BCUT2D eigenvalue weighted by atomic mass is 10.1. The molecule has 0 aliphatic rings. The minimum absolute atomic E-state index is 0.0335. The first-order chi connectivity index (χ1) is 14.3. The lowest BCUT2D eigenvalue weighted by Crippen LogP contribution is -2.23. The highest BCUT2D eigenvalue weighted by Gasteiger charge is 2.16. The number of hydrogen-bond acceptors (Lipinski definition) is 4. The molecule has 3 aromatic rings. The number of halogens is 3. The molecule has 0 saturated carbocycles. The van der Waals surface area contributed by atoms with Crippen molar-refractivity contribution in [3.8, 4) is 18.1 Å². The number of ether oxygens (including phenoxy) is 1. The van der Waals surface area contributed by atoms with E-state index in [1.165, 1.54) is 10.9 Å². The summed E-state index contributed by atoms with van der Waals surface area (Å²) < 4.78 is 8.41. The third-order valence-electron chi connectivity index (χ3n) is 4.54. The minimum Gasteiger partial charge on any atom is -0.479 e. The summed E-state index contributed by atoms with van der Waals surface area (Å²) in [4.78, 5) is 17.9. The molecule has 0 aliphatic carbocycles. The van der Waals surface area contributed by atoms with E-state index in [-0.39, 0.29) is 18.1 Å². The van der Waals surface area contributed by atoms with Crippen LogP contribution in [0, 0.1) is 12.3 Å². The molecule has 0 radical (unpaired) electrons. The Kier molecular flexibility index (Phi) is 7.35. The van der Waals surface area contributed by atoms with Crippen LogP contribution in [-0.2, 0) is 0 Å². The first-order valence-electron chi connectivity index (χ1n) is 9.17. The van der Waals surface area contributed by atoms with Gasteiger partial charge in [-0.25, -0.2) is 4.98 Å². The first kappa shape index (κ1) is 22.5. The van der Waals surface area contributed by atoms with Gasteiger partial charge in [-0.1, -0.05) is 47.3 Å². The molecular formula is C22H18Br2ClN3O2. The van der Waals surface area contributed by atoms with E-state index in [2.05, 4.69) is 42.9 Å². The van der Waals surface area contributed by atoms with E-state index >= 15 is 0 Å². The van der Waals surface area contributed by atoms with Crippen LogP contribution in [0.4, 0.5) is 0 Å². The van der Waals surface area contributed by atoms with Gasteiger partial charge in [-0.3, -0.25) is 4.79 Å². The molecule has 0 amide bonds. The Morgan fingerprint density at radius 1 is 1.37 bits per heavy atom. The molecule has 0 unspecified atom stereocenters. The highest BCUT2D eigenvalue weighted by molar-refractivity contribution is 9.10. The minimum atomic E-state index is -0.250. The Morgan fingerprint density at radius 3 is 2.83 bits per heavy atom. The lowest BCUT2D eigenvalue weighted by Gasteiger charge is -2.14. The summed E-state index contributed by atoms with van der Waals surface area (Å²) in [6, 6.07) is 8.83. The van der Waals surface area contributed by atoms with Gasteiger partial charge < -0.3 is 4.74 Å². The number of benzene rings is 2. The quantitative estimate of drug-likeness (QED) is 0.280. The smallest absolute Gasteiger partial charge is 0.282 e. The van der Waals surface area contributed by atoms with Crippen LogP contribution in [0.1, 0.15) is 37.6 Å². The van der Waals surface area contributed by atoms with Crippen LogP contribution in [0.5, 0.6) is 5.75 Å². The van der Waals surface area contributed by atoms with Crippen LogP contribution in [0.15, 0.2) is 49.2 Å². The van der Waals surface area contributed by atoms with Crippen molar-refractivity contribution in [1.82, 2.24) is 9.66 Å². The van der Waals surface area contributed by atoms with E-state index in [4.69, 9.17) is 27.7 Å². The molecule has 0 spiro atoms. The van der Waals surface area contributed by atoms with E-state index in [1.807, 2.05) is 26.0 Å². The van der Waals surface area contributed by atoms with Crippen LogP contribution in [0.3, 0.4) is 0 Å². The third kappa shape index (κ3) is 4.77. The van der Waals surface area contributed by atoms with Gasteiger partial charge in [0.15, 0.2) is 0 Å². The van der Waals surface area contributed by atoms with Crippen molar-refractivity contribution < 1.29 is 4.74 Å². The van der Waals surface area contributed by atoms with Crippen molar-refractivity contribution in [1.29, 1.82) is 0 Å². The number of rotatable bonds is 6. The average Bonchev–Trinajstić information content (AvgIpc) is 2.72. The monoisotopic (exact) mass is 549 g/mol. The van der Waals surface area contributed by atoms with Gasteiger partial charge in [0.05, 0.1) is 21.6 Å². The predicted octanol–water partition coefficient (Wildman–Crippen LogP) is 5.98. The van der Waals surface area contributed by atoms with Gasteiger partial charge in [-0.05, 0) is 52.7 Å². The summed E-state index contributed by atoms with van der Waals surface area (Å²) >= 11 is 13.0. The summed E-state index contributed by atoms with van der Waals surface area (Å²) in [5.41, 5.74) is 0.967. The zero-order valence-corrected chi connectivity index (χ0v) is 20.3. The zero-order valence-electron chi connectivity index (χ0n) is 16.3. The molecule has 1 aromatic heterocycles. The van der Waals surface area contributed by atoms with E-state index in [1.54, 1.807) is 18.2 Å². The van der Waals surface area contributed by atoms with Gasteiger partial charge >= 0.3 is 0 Å². The fourth-order valence-corrected chi connectivity index (χ4v) is 4.15. The highest BCUT2D eigenvalue weighted by Crippen LogP contribution is 2.32. The molecule has 3 rings (SSSR count). The molecule has 154 valence electrons. The molecule has 0 N–H and O–H groups in total. The molecule has 0 saturated heterocycles. The molecule has 0 fully saturated rings. The number of terminal acetylenes is 1. The second-order valence-corrected chi connectivity index (χ2v) is 8.81. The normalized spacial score (nSPS) is 12.3. The van der Waals surface area contributed by atoms with Crippen LogP contribution in [-0.4, -0.2) is 22.5 Å². The van der Waals surface area contributed by atoms with Crippen LogP contribution in [0.2, 0.25) is 5.02 Å². The zero-order chi connectivity index (χ0) is 21.8. The van der Waals surface area contributed by atoms with Gasteiger partial charge in [0, 0.05) is 21.0 Å². The SMILES string of the molecule is C#CCOc1c(Br)cc(Cl)cc1C=Nn1c([C@@H](C)CC)nc2ccc(Br)cc2c1=O. The molecule has 1 heterocycles. The lowest BCUT2D eigenvalue weighted by molar-refractivity contribution is 0.367. The van der Waals surface area contributed by atoms with Gasteiger partial charge in [0.1, 0.15) is 18.2 Å². The largest absolute Gasteiger partial charge is 0.479 e. The first-order valence-corrected chi connectivity index (χ1v) is 11.1. The molecule has 0 aliphatic heterocycles. The molecule has 5 nitrogen and oxygen atoms in total. The Hall–Kier alpha value is -2.14. The maximum absolute atomic E-state index is 13.2. The van der Waals surface area contributed by atoms with Crippen molar-refractivity contribution in [2.24, 2.45) is 5.10 Å². The van der Waals surface area contributed by atoms with Crippen molar-refractivity contribution in [3.05, 3.63) is 66.0 Å². The van der Waals surface area contributed by atoms with Crippen molar-refractivity contribution >= 4 is 60.6 Å². The fraction of sp³-hybridized carbons (Fsp3) is 0.227. The van der Waals surface area contributed by atoms with E-state index in [0.29, 0.717) is 37.5 Å². The fourth-order valence-electron chi connectivity index (χ4n) is 2.84. The predicted molar refractivity (Wildman–Crippen MR) is 129 cm³/mol. The topological polar surface area (TPSA) is 56.5 Å². The Labute approximate surface area is 196 Å². The maximum Gasteiger partial charge on any atom is 0.282 e. The van der Waals surface area contributed by atoms with E-state index in [9.17, 15) is 4.79 Å². The summed E-state index contributed by atoms with van der Waals surface area (Å²) in [6.45, 7) is 4.14. The van der Waals surface area contributed by atoms with Crippen LogP contribution >= 0.6 is 43.5 Å². The highest BCUT2D eigenvalue weighted by atomic mass is 79.9.